The van der Waals surface area contributed by atoms with Gasteiger partial charge in [0.05, 0.1) is 10.6 Å². The molecule has 0 aliphatic carbocycles. The maximum atomic E-state index is 12.9. The molecule has 2 aromatic carbocycles. The molecule has 0 saturated carbocycles. The molecule has 0 spiro atoms. The molecule has 0 bridgehead atoms. The van der Waals surface area contributed by atoms with E-state index in [0.717, 1.165) is 11.3 Å². The van der Waals surface area contributed by atoms with Crippen molar-refractivity contribution in [1.82, 2.24) is 0 Å². The summed E-state index contributed by atoms with van der Waals surface area (Å²) in [5, 5.41) is 0. The van der Waals surface area contributed by atoms with E-state index in [4.69, 9.17) is 0 Å². The molecule has 1 aliphatic rings. The minimum atomic E-state index is -3.64. The predicted molar refractivity (Wildman–Crippen MR) is 94.8 cm³/mol. The zero-order valence-electron chi connectivity index (χ0n) is 13.9. The van der Waals surface area contributed by atoms with Crippen LogP contribution < -0.4 is 9.21 Å². The average Bonchev–Trinajstić information content (AvgIpc) is 2.89. The Morgan fingerprint density at radius 1 is 1.17 bits per heavy atom. The normalized spacial score (nSPS) is 16.8. The minimum absolute atomic E-state index is 0.0294. The molecule has 1 amide bonds. The lowest BCUT2D eigenvalue weighted by Gasteiger charge is -2.21. The number of carbonyl (C=O) groups is 1. The summed E-state index contributed by atoms with van der Waals surface area (Å²) in [6, 6.07) is 14.0. The van der Waals surface area contributed by atoms with Crippen molar-refractivity contribution in [1.29, 1.82) is 0 Å². The van der Waals surface area contributed by atoms with E-state index in [0.29, 0.717) is 12.1 Å². The largest absolute Gasteiger partial charge is 0.309 e. The number of para-hydroxylation sites is 1. The first kappa shape index (κ1) is 16.5. The van der Waals surface area contributed by atoms with Crippen molar-refractivity contribution < 1.29 is 13.2 Å². The predicted octanol–water partition coefficient (Wildman–Crippen LogP) is 2.81. The van der Waals surface area contributed by atoms with Gasteiger partial charge in [0.15, 0.2) is 0 Å². The van der Waals surface area contributed by atoms with Gasteiger partial charge >= 0.3 is 0 Å². The van der Waals surface area contributed by atoms with Crippen LogP contribution in [0.3, 0.4) is 0 Å². The molecule has 0 saturated heterocycles. The van der Waals surface area contributed by atoms with Crippen LogP contribution in [0.15, 0.2) is 53.4 Å². The van der Waals surface area contributed by atoms with E-state index in [1.165, 1.54) is 11.2 Å². The smallest absolute Gasteiger partial charge is 0.264 e. The second-order valence-electron chi connectivity index (χ2n) is 6.04. The number of nitrogens with zero attached hydrogens (tertiary/aromatic N) is 2. The number of benzene rings is 2. The fourth-order valence-corrected chi connectivity index (χ4v) is 4.43. The number of hydrogen-bond donors (Lipinski definition) is 0. The second-order valence-corrected chi connectivity index (χ2v) is 8.01. The molecule has 6 heteroatoms. The summed E-state index contributed by atoms with van der Waals surface area (Å²) < 4.78 is 27.0. The summed E-state index contributed by atoms with van der Waals surface area (Å²) in [5.41, 5.74) is 2.30. The van der Waals surface area contributed by atoms with Crippen LogP contribution in [0, 0.1) is 0 Å². The lowest BCUT2D eigenvalue weighted by molar-refractivity contribution is -0.116. The van der Waals surface area contributed by atoms with Crippen LogP contribution in [0.2, 0.25) is 0 Å². The number of amides is 1. The molecule has 0 N–H and O–H groups in total. The first-order valence-electron chi connectivity index (χ1n) is 7.79. The van der Waals surface area contributed by atoms with Crippen LogP contribution in [0.4, 0.5) is 11.4 Å². The first-order chi connectivity index (χ1) is 11.3. The number of rotatable bonds is 3. The molecule has 126 valence electrons. The number of carbonyl (C=O) groups excluding carboxylic acids is 1. The molecular formula is C18H20N2O3S. The number of sulfonamides is 1. The lowest BCUT2D eigenvalue weighted by Crippen LogP contribution is -2.33. The fourth-order valence-electron chi connectivity index (χ4n) is 3.18. The Morgan fingerprint density at radius 2 is 1.83 bits per heavy atom. The summed E-state index contributed by atoms with van der Waals surface area (Å²) >= 11 is 0. The molecule has 3 rings (SSSR count). The Hall–Kier alpha value is -2.34. The Bertz CT molecular complexity index is 878. The van der Waals surface area contributed by atoms with Crippen molar-refractivity contribution in [2.45, 2.75) is 31.2 Å². The van der Waals surface area contributed by atoms with E-state index >= 15 is 0 Å². The molecule has 2 aromatic rings. The highest BCUT2D eigenvalue weighted by molar-refractivity contribution is 7.92. The Labute approximate surface area is 142 Å². The highest BCUT2D eigenvalue weighted by atomic mass is 32.2. The summed E-state index contributed by atoms with van der Waals surface area (Å²) in [7, 11) is -2.09. The van der Waals surface area contributed by atoms with Gasteiger partial charge in [-0.3, -0.25) is 9.10 Å². The van der Waals surface area contributed by atoms with Crippen molar-refractivity contribution >= 4 is 27.3 Å². The molecule has 0 radical (unpaired) electrons. The standard InChI is InChI=1S/C18H20N2O3S/c1-13-11-15-12-17(9-10-18(15)20(13)14(2)21)24(22,23)19(3)16-7-5-4-6-8-16/h4-10,12-13H,11H2,1-3H3/t13-/m0/s1. The van der Waals surface area contributed by atoms with Crippen LogP contribution in [-0.2, 0) is 21.2 Å². The molecular weight excluding hydrogens is 324 g/mol. The first-order valence-corrected chi connectivity index (χ1v) is 9.23. The molecule has 1 aliphatic heterocycles. The van der Waals surface area contributed by atoms with Crippen molar-refractivity contribution in [2.75, 3.05) is 16.3 Å². The van der Waals surface area contributed by atoms with Crippen LogP contribution >= 0.6 is 0 Å². The van der Waals surface area contributed by atoms with Crippen LogP contribution in [0.25, 0.3) is 0 Å². The summed E-state index contributed by atoms with van der Waals surface area (Å²) in [4.78, 5) is 13.7. The van der Waals surface area contributed by atoms with Crippen molar-refractivity contribution in [3.63, 3.8) is 0 Å². The van der Waals surface area contributed by atoms with Gasteiger partial charge in [0.2, 0.25) is 5.91 Å². The Morgan fingerprint density at radius 3 is 2.46 bits per heavy atom. The van der Waals surface area contributed by atoms with Crippen molar-refractivity contribution in [2.24, 2.45) is 0 Å². The summed E-state index contributed by atoms with van der Waals surface area (Å²) in [6.07, 6.45) is 0.660. The van der Waals surface area contributed by atoms with E-state index < -0.39 is 10.0 Å². The maximum Gasteiger partial charge on any atom is 0.264 e. The third kappa shape index (κ3) is 2.67. The molecule has 1 heterocycles. The fraction of sp³-hybridized carbons (Fsp3) is 0.278. The van der Waals surface area contributed by atoms with E-state index in [2.05, 4.69) is 0 Å². The number of hydrogen-bond acceptors (Lipinski definition) is 3. The van der Waals surface area contributed by atoms with Crippen molar-refractivity contribution in [3.05, 3.63) is 54.1 Å². The molecule has 0 unspecified atom stereocenters. The second kappa shape index (κ2) is 5.94. The van der Waals surface area contributed by atoms with Gasteiger partial charge in [-0.2, -0.15) is 0 Å². The number of anilines is 2. The third-order valence-corrected chi connectivity index (χ3v) is 6.17. The van der Waals surface area contributed by atoms with Gasteiger partial charge in [-0.15, -0.1) is 0 Å². The molecule has 0 fully saturated rings. The third-order valence-electron chi connectivity index (χ3n) is 4.38. The van der Waals surface area contributed by atoms with E-state index in [9.17, 15) is 13.2 Å². The van der Waals surface area contributed by atoms with Crippen LogP contribution in [-0.4, -0.2) is 27.4 Å². The lowest BCUT2D eigenvalue weighted by atomic mass is 10.1. The Kier molecular flexibility index (Phi) is 4.09. The molecule has 0 aromatic heterocycles. The van der Waals surface area contributed by atoms with Gasteiger partial charge in [-0.05, 0) is 49.2 Å². The van der Waals surface area contributed by atoms with Crippen LogP contribution in [0.5, 0.6) is 0 Å². The van der Waals surface area contributed by atoms with Gasteiger partial charge in [0.25, 0.3) is 10.0 Å². The quantitative estimate of drug-likeness (QED) is 0.860. The topological polar surface area (TPSA) is 57.7 Å². The van der Waals surface area contributed by atoms with E-state index in [-0.39, 0.29) is 16.8 Å². The highest BCUT2D eigenvalue weighted by Gasteiger charge is 2.31. The molecule has 1 atom stereocenters. The molecule has 24 heavy (non-hydrogen) atoms. The van der Waals surface area contributed by atoms with Gasteiger partial charge in [0.1, 0.15) is 0 Å². The van der Waals surface area contributed by atoms with Gasteiger partial charge in [-0.25, -0.2) is 8.42 Å². The average molecular weight is 344 g/mol. The van der Waals surface area contributed by atoms with Crippen molar-refractivity contribution in [3.8, 4) is 0 Å². The Balaban J connectivity index is 2.00. The molecule has 5 nitrogen and oxygen atoms in total. The number of fused-ring (bicyclic) bond motifs is 1. The highest BCUT2D eigenvalue weighted by Crippen LogP contribution is 2.34. The monoisotopic (exact) mass is 344 g/mol. The van der Waals surface area contributed by atoms with Gasteiger partial charge in [0, 0.05) is 25.7 Å². The van der Waals surface area contributed by atoms with Crippen LogP contribution in [0.1, 0.15) is 19.4 Å². The van der Waals surface area contributed by atoms with Gasteiger partial charge in [-0.1, -0.05) is 18.2 Å². The summed E-state index contributed by atoms with van der Waals surface area (Å²) in [6.45, 7) is 3.49. The minimum Gasteiger partial charge on any atom is -0.309 e. The maximum absolute atomic E-state index is 12.9. The van der Waals surface area contributed by atoms with Gasteiger partial charge < -0.3 is 4.90 Å². The zero-order chi connectivity index (χ0) is 17.5. The SMILES string of the molecule is CC(=O)N1c2ccc(S(=O)(=O)N(C)c3ccccc3)cc2C[C@@H]1C. The summed E-state index contributed by atoms with van der Waals surface area (Å²) in [5.74, 6) is -0.0294. The zero-order valence-corrected chi connectivity index (χ0v) is 14.7. The van der Waals surface area contributed by atoms with E-state index in [1.54, 1.807) is 54.4 Å². The van der Waals surface area contributed by atoms with E-state index in [1.807, 2.05) is 13.0 Å².